The largest absolute Gasteiger partial charge is 0.322 e. The van der Waals surface area contributed by atoms with E-state index in [4.69, 9.17) is 0 Å². The molecule has 1 amide bonds. The van der Waals surface area contributed by atoms with Gasteiger partial charge in [-0.1, -0.05) is 6.07 Å². The Morgan fingerprint density at radius 3 is 2.61 bits per heavy atom. The Morgan fingerprint density at radius 1 is 1.17 bits per heavy atom. The highest BCUT2D eigenvalue weighted by molar-refractivity contribution is 6.04. The molecule has 0 spiro atoms. The average molecular weight is 309 g/mol. The molecule has 0 atom stereocenters. The molecule has 1 aromatic heterocycles. The molecule has 2 aromatic carbocycles. The fourth-order valence-corrected chi connectivity index (χ4v) is 2.01. The van der Waals surface area contributed by atoms with Crippen LogP contribution < -0.4 is 5.32 Å². The Labute approximate surface area is 130 Å². The minimum Gasteiger partial charge on any atom is -0.322 e. The van der Waals surface area contributed by atoms with Gasteiger partial charge in [0.2, 0.25) is 0 Å². The molecule has 0 fully saturated rings. The average Bonchev–Trinajstić information content (AvgIpc) is 3.09. The van der Waals surface area contributed by atoms with E-state index in [0.717, 1.165) is 5.69 Å². The van der Waals surface area contributed by atoms with Crippen molar-refractivity contribution in [2.75, 3.05) is 5.32 Å². The van der Waals surface area contributed by atoms with Crippen LogP contribution in [0.4, 0.5) is 11.4 Å². The fourth-order valence-electron chi connectivity index (χ4n) is 2.01. The first-order valence-electron chi connectivity index (χ1n) is 6.64. The molecule has 1 heterocycles. The standard InChI is InChI=1S/C15H11N5O3/c21-15(18-12-2-1-3-14(8-12)20(22)23)11-4-6-13(7-5-11)19-10-16-9-17-19/h1-10H,(H,18,21). The molecule has 1 N–H and O–H groups in total. The van der Waals surface area contributed by atoms with E-state index >= 15 is 0 Å². The Morgan fingerprint density at radius 2 is 1.96 bits per heavy atom. The maximum Gasteiger partial charge on any atom is 0.271 e. The monoisotopic (exact) mass is 309 g/mol. The molecule has 8 nitrogen and oxygen atoms in total. The van der Waals surface area contributed by atoms with Crippen LogP contribution in [0.1, 0.15) is 10.4 Å². The summed E-state index contributed by atoms with van der Waals surface area (Å²) in [5.74, 6) is -0.351. The SMILES string of the molecule is O=C(Nc1cccc([N+](=O)[O-])c1)c1ccc(-n2cncn2)cc1. The van der Waals surface area contributed by atoms with Crippen molar-refractivity contribution in [3.8, 4) is 5.69 Å². The van der Waals surface area contributed by atoms with Gasteiger partial charge >= 0.3 is 0 Å². The van der Waals surface area contributed by atoms with Gasteiger partial charge in [-0.05, 0) is 30.3 Å². The lowest BCUT2D eigenvalue weighted by atomic mass is 10.2. The molecule has 0 saturated carbocycles. The Balaban J connectivity index is 1.76. The summed E-state index contributed by atoms with van der Waals surface area (Å²) in [7, 11) is 0. The summed E-state index contributed by atoms with van der Waals surface area (Å²) in [6.07, 6.45) is 2.97. The number of amides is 1. The highest BCUT2D eigenvalue weighted by Crippen LogP contribution is 2.18. The number of nitro groups is 1. The van der Waals surface area contributed by atoms with Gasteiger partial charge in [-0.25, -0.2) is 9.67 Å². The summed E-state index contributed by atoms with van der Waals surface area (Å²) in [6.45, 7) is 0. The fraction of sp³-hybridized carbons (Fsp3) is 0. The molecule has 114 valence electrons. The van der Waals surface area contributed by atoms with E-state index in [1.165, 1.54) is 24.5 Å². The second-order valence-electron chi connectivity index (χ2n) is 4.65. The van der Waals surface area contributed by atoms with Crippen LogP contribution in [0.25, 0.3) is 5.69 Å². The number of non-ortho nitro benzene ring substituents is 1. The Bertz CT molecular complexity index is 844. The summed E-state index contributed by atoms with van der Waals surface area (Å²) in [6, 6.07) is 12.5. The van der Waals surface area contributed by atoms with Crippen LogP contribution in [0, 0.1) is 10.1 Å². The van der Waals surface area contributed by atoms with E-state index in [0.29, 0.717) is 11.3 Å². The van der Waals surface area contributed by atoms with Crippen LogP contribution in [0.15, 0.2) is 61.2 Å². The molecule has 0 aliphatic carbocycles. The van der Waals surface area contributed by atoms with Crippen molar-refractivity contribution < 1.29 is 9.72 Å². The zero-order valence-electron chi connectivity index (χ0n) is 11.8. The second-order valence-corrected chi connectivity index (χ2v) is 4.65. The van der Waals surface area contributed by atoms with Crippen LogP contribution in [0.5, 0.6) is 0 Å². The van der Waals surface area contributed by atoms with E-state index in [1.807, 2.05) is 0 Å². The van der Waals surface area contributed by atoms with Gasteiger partial charge in [0.15, 0.2) is 0 Å². The third-order valence-corrected chi connectivity index (χ3v) is 3.13. The van der Waals surface area contributed by atoms with Gasteiger partial charge in [-0.3, -0.25) is 14.9 Å². The number of hydrogen-bond acceptors (Lipinski definition) is 5. The van der Waals surface area contributed by atoms with Gasteiger partial charge in [0.25, 0.3) is 11.6 Å². The minimum atomic E-state index is -0.511. The van der Waals surface area contributed by atoms with Crippen molar-refractivity contribution in [2.45, 2.75) is 0 Å². The van der Waals surface area contributed by atoms with E-state index in [9.17, 15) is 14.9 Å². The van der Waals surface area contributed by atoms with Crippen molar-refractivity contribution in [1.82, 2.24) is 14.8 Å². The number of hydrogen-bond donors (Lipinski definition) is 1. The first kappa shape index (κ1) is 14.4. The van der Waals surface area contributed by atoms with Crippen LogP contribution >= 0.6 is 0 Å². The van der Waals surface area contributed by atoms with E-state index in [1.54, 1.807) is 41.3 Å². The number of nitrogens with one attached hydrogen (secondary N) is 1. The molecule has 8 heteroatoms. The predicted octanol–water partition coefficient (Wildman–Crippen LogP) is 2.43. The molecule has 0 unspecified atom stereocenters. The zero-order chi connectivity index (χ0) is 16.2. The highest BCUT2D eigenvalue weighted by atomic mass is 16.6. The van der Waals surface area contributed by atoms with Gasteiger partial charge in [0, 0.05) is 23.4 Å². The van der Waals surface area contributed by atoms with Crippen molar-refractivity contribution in [3.63, 3.8) is 0 Å². The topological polar surface area (TPSA) is 103 Å². The number of benzene rings is 2. The second kappa shape index (κ2) is 6.06. The number of aromatic nitrogens is 3. The molecule has 0 aliphatic heterocycles. The third-order valence-electron chi connectivity index (χ3n) is 3.13. The quantitative estimate of drug-likeness (QED) is 0.589. The predicted molar refractivity (Wildman–Crippen MR) is 82.4 cm³/mol. The number of rotatable bonds is 4. The number of nitro benzene ring substituents is 1. The smallest absolute Gasteiger partial charge is 0.271 e. The normalized spacial score (nSPS) is 10.3. The number of carbonyl (C=O) groups excluding carboxylic acids is 1. The van der Waals surface area contributed by atoms with E-state index in [2.05, 4.69) is 15.4 Å². The summed E-state index contributed by atoms with van der Waals surface area (Å²) < 4.78 is 1.57. The summed E-state index contributed by atoms with van der Waals surface area (Å²) in [5.41, 5.74) is 1.49. The first-order valence-corrected chi connectivity index (χ1v) is 6.64. The summed E-state index contributed by atoms with van der Waals surface area (Å²) in [4.78, 5) is 26.3. The Kier molecular flexibility index (Phi) is 3.79. The highest BCUT2D eigenvalue weighted by Gasteiger charge is 2.10. The maximum absolute atomic E-state index is 12.2. The lowest BCUT2D eigenvalue weighted by Crippen LogP contribution is -2.12. The van der Waals surface area contributed by atoms with Crippen LogP contribution in [-0.2, 0) is 0 Å². The minimum absolute atomic E-state index is 0.0793. The van der Waals surface area contributed by atoms with Crippen LogP contribution in [-0.4, -0.2) is 25.6 Å². The lowest BCUT2D eigenvalue weighted by Gasteiger charge is -2.06. The molecular weight excluding hydrogens is 298 g/mol. The summed E-state index contributed by atoms with van der Waals surface area (Å²) >= 11 is 0. The van der Waals surface area contributed by atoms with E-state index in [-0.39, 0.29) is 11.6 Å². The van der Waals surface area contributed by atoms with Crippen LogP contribution in [0.2, 0.25) is 0 Å². The van der Waals surface area contributed by atoms with Gasteiger partial charge in [-0.2, -0.15) is 5.10 Å². The van der Waals surface area contributed by atoms with Crippen molar-refractivity contribution in [1.29, 1.82) is 0 Å². The van der Waals surface area contributed by atoms with Gasteiger partial charge in [0.1, 0.15) is 12.7 Å². The molecular formula is C15H11N5O3. The molecule has 0 saturated heterocycles. The Hall–Kier alpha value is -3.55. The molecule has 23 heavy (non-hydrogen) atoms. The molecule has 3 rings (SSSR count). The van der Waals surface area contributed by atoms with Gasteiger partial charge < -0.3 is 5.32 Å². The number of anilines is 1. The van der Waals surface area contributed by atoms with Gasteiger partial charge in [-0.15, -0.1) is 0 Å². The first-order chi connectivity index (χ1) is 11.1. The zero-order valence-corrected chi connectivity index (χ0v) is 11.8. The number of nitrogens with zero attached hydrogens (tertiary/aromatic N) is 4. The molecule has 0 bridgehead atoms. The molecule has 0 aliphatic rings. The maximum atomic E-state index is 12.2. The molecule has 0 radical (unpaired) electrons. The lowest BCUT2D eigenvalue weighted by molar-refractivity contribution is -0.384. The summed E-state index contributed by atoms with van der Waals surface area (Å²) in [5, 5.41) is 17.4. The number of carbonyl (C=O) groups is 1. The molecule has 3 aromatic rings. The van der Waals surface area contributed by atoms with Gasteiger partial charge in [0.05, 0.1) is 10.6 Å². The van der Waals surface area contributed by atoms with E-state index < -0.39 is 4.92 Å². The van der Waals surface area contributed by atoms with Crippen LogP contribution in [0.3, 0.4) is 0 Å². The van der Waals surface area contributed by atoms with Crippen molar-refractivity contribution in [3.05, 3.63) is 76.9 Å². The van der Waals surface area contributed by atoms with Crippen molar-refractivity contribution >= 4 is 17.3 Å². The van der Waals surface area contributed by atoms with Crippen molar-refractivity contribution in [2.24, 2.45) is 0 Å². The third kappa shape index (κ3) is 3.21.